The molecule has 0 unspecified atom stereocenters. The van der Waals surface area contributed by atoms with Crippen molar-refractivity contribution in [3.05, 3.63) is 63.1 Å². The Hall–Kier alpha value is -1.10. The van der Waals surface area contributed by atoms with E-state index in [4.69, 9.17) is 29.6 Å². The smallest absolute Gasteiger partial charge is 0.107 e. The first-order valence-electron chi connectivity index (χ1n) is 6.03. The van der Waals surface area contributed by atoms with Gasteiger partial charge in [0.05, 0.1) is 0 Å². The fraction of sp³-hybridized carbons (Fsp3) is 0.133. The molecule has 2 aromatic carbocycles. The predicted octanol–water partition coefficient (Wildman–Crippen LogP) is 4.37. The molecule has 0 atom stereocenters. The minimum absolute atomic E-state index is 0.385. The van der Waals surface area contributed by atoms with Gasteiger partial charge in [0.2, 0.25) is 0 Å². The van der Waals surface area contributed by atoms with E-state index in [0.717, 1.165) is 27.3 Å². The zero-order valence-electron chi connectivity index (χ0n) is 10.9. The molecule has 0 bridgehead atoms. The lowest BCUT2D eigenvalue weighted by molar-refractivity contribution is 0.921. The van der Waals surface area contributed by atoms with Crippen molar-refractivity contribution >= 4 is 50.4 Å². The van der Waals surface area contributed by atoms with Crippen LogP contribution in [0.25, 0.3) is 0 Å². The molecule has 0 aliphatic rings. The monoisotopic (exact) mass is 368 g/mol. The SMILES string of the molecule is CN(Cc1ccc(Cl)cc1)c1cccc(Br)c1C(N)=S. The first-order chi connectivity index (χ1) is 9.49. The zero-order chi connectivity index (χ0) is 14.7. The van der Waals surface area contributed by atoms with E-state index in [1.807, 2.05) is 49.5 Å². The number of anilines is 1. The molecule has 0 fully saturated rings. The van der Waals surface area contributed by atoms with Gasteiger partial charge in [0, 0.05) is 34.3 Å². The van der Waals surface area contributed by atoms with Crippen molar-refractivity contribution in [1.29, 1.82) is 0 Å². The van der Waals surface area contributed by atoms with Crippen molar-refractivity contribution in [1.82, 2.24) is 0 Å². The van der Waals surface area contributed by atoms with E-state index in [2.05, 4.69) is 20.8 Å². The van der Waals surface area contributed by atoms with E-state index in [-0.39, 0.29) is 0 Å². The Balaban J connectivity index is 2.29. The topological polar surface area (TPSA) is 29.3 Å². The van der Waals surface area contributed by atoms with Crippen LogP contribution in [-0.4, -0.2) is 12.0 Å². The Kier molecular flexibility index (Phi) is 5.02. The maximum atomic E-state index is 5.90. The molecule has 104 valence electrons. The largest absolute Gasteiger partial charge is 0.389 e. The summed E-state index contributed by atoms with van der Waals surface area (Å²) in [6.07, 6.45) is 0. The Morgan fingerprint density at radius 2 is 1.90 bits per heavy atom. The van der Waals surface area contributed by atoms with Crippen LogP contribution < -0.4 is 10.6 Å². The van der Waals surface area contributed by atoms with Gasteiger partial charge in [0.25, 0.3) is 0 Å². The number of benzene rings is 2. The molecule has 0 amide bonds. The highest BCUT2D eigenvalue weighted by molar-refractivity contribution is 9.10. The van der Waals surface area contributed by atoms with Gasteiger partial charge in [-0.05, 0) is 45.8 Å². The van der Waals surface area contributed by atoms with Crippen molar-refractivity contribution in [3.63, 3.8) is 0 Å². The molecule has 0 saturated heterocycles. The van der Waals surface area contributed by atoms with Crippen LogP contribution in [-0.2, 0) is 6.54 Å². The molecule has 5 heteroatoms. The molecule has 2 nitrogen and oxygen atoms in total. The normalized spacial score (nSPS) is 10.3. The summed E-state index contributed by atoms with van der Waals surface area (Å²) in [5.74, 6) is 0. The Morgan fingerprint density at radius 3 is 2.50 bits per heavy atom. The number of rotatable bonds is 4. The average molecular weight is 370 g/mol. The fourth-order valence-electron chi connectivity index (χ4n) is 2.02. The van der Waals surface area contributed by atoms with E-state index in [1.165, 1.54) is 5.56 Å². The van der Waals surface area contributed by atoms with Crippen molar-refractivity contribution in [2.75, 3.05) is 11.9 Å². The van der Waals surface area contributed by atoms with Crippen LogP contribution >= 0.6 is 39.7 Å². The number of halogens is 2. The van der Waals surface area contributed by atoms with Gasteiger partial charge in [0.1, 0.15) is 4.99 Å². The summed E-state index contributed by atoms with van der Waals surface area (Å²) in [5, 5.41) is 0.739. The van der Waals surface area contributed by atoms with E-state index < -0.39 is 0 Å². The van der Waals surface area contributed by atoms with Gasteiger partial charge in [-0.25, -0.2) is 0 Å². The van der Waals surface area contributed by atoms with Crippen LogP contribution in [0, 0.1) is 0 Å². The minimum atomic E-state index is 0.385. The molecule has 0 aromatic heterocycles. The average Bonchev–Trinajstić information content (AvgIpc) is 2.40. The predicted molar refractivity (Wildman–Crippen MR) is 93.6 cm³/mol. The highest BCUT2D eigenvalue weighted by Crippen LogP contribution is 2.28. The Bertz CT molecular complexity index is 628. The maximum absolute atomic E-state index is 5.90. The second kappa shape index (κ2) is 6.57. The number of hydrogen-bond acceptors (Lipinski definition) is 2. The number of nitrogens with zero attached hydrogens (tertiary/aromatic N) is 1. The molecule has 2 aromatic rings. The first-order valence-corrected chi connectivity index (χ1v) is 7.61. The van der Waals surface area contributed by atoms with E-state index >= 15 is 0 Å². The number of hydrogen-bond donors (Lipinski definition) is 1. The molecular formula is C15H14BrClN2S. The van der Waals surface area contributed by atoms with Gasteiger partial charge in [0.15, 0.2) is 0 Å². The molecule has 0 aliphatic carbocycles. The van der Waals surface area contributed by atoms with Crippen LogP contribution in [0.1, 0.15) is 11.1 Å². The summed E-state index contributed by atoms with van der Waals surface area (Å²) >= 11 is 14.5. The van der Waals surface area contributed by atoms with Crippen LogP contribution in [0.5, 0.6) is 0 Å². The molecule has 0 aliphatic heterocycles. The molecular weight excluding hydrogens is 356 g/mol. The molecule has 0 saturated carbocycles. The van der Waals surface area contributed by atoms with Crippen molar-refractivity contribution in [2.45, 2.75) is 6.54 Å². The third-order valence-electron chi connectivity index (χ3n) is 2.98. The van der Waals surface area contributed by atoms with E-state index in [1.54, 1.807) is 0 Å². The molecule has 0 heterocycles. The lowest BCUT2D eigenvalue weighted by Gasteiger charge is -2.23. The number of thiocarbonyl (C=S) groups is 1. The second-order valence-corrected chi connectivity index (χ2v) is 6.21. The van der Waals surface area contributed by atoms with Crippen molar-refractivity contribution in [2.24, 2.45) is 5.73 Å². The third kappa shape index (κ3) is 3.51. The summed E-state index contributed by atoms with van der Waals surface area (Å²) in [7, 11) is 2.01. The van der Waals surface area contributed by atoms with Gasteiger partial charge >= 0.3 is 0 Å². The van der Waals surface area contributed by atoms with Gasteiger partial charge in [-0.15, -0.1) is 0 Å². The lowest BCUT2D eigenvalue weighted by Crippen LogP contribution is -2.21. The second-order valence-electron chi connectivity index (χ2n) is 4.48. The summed E-state index contributed by atoms with van der Waals surface area (Å²) in [5.41, 5.74) is 8.86. The van der Waals surface area contributed by atoms with Crippen LogP contribution in [0.15, 0.2) is 46.9 Å². The molecule has 2 N–H and O–H groups in total. The number of nitrogens with two attached hydrogens (primary N) is 1. The van der Waals surface area contributed by atoms with Gasteiger partial charge in [-0.3, -0.25) is 0 Å². The Labute approximate surface area is 137 Å². The standard InChI is InChI=1S/C15H14BrClN2S/c1-19(9-10-5-7-11(17)8-6-10)13-4-2-3-12(16)14(13)15(18)20/h2-8H,9H2,1H3,(H2,18,20). The minimum Gasteiger partial charge on any atom is -0.389 e. The van der Waals surface area contributed by atoms with Crippen LogP contribution in [0.3, 0.4) is 0 Å². The third-order valence-corrected chi connectivity index (χ3v) is 4.10. The van der Waals surface area contributed by atoms with E-state index in [9.17, 15) is 0 Å². The molecule has 0 spiro atoms. The van der Waals surface area contributed by atoms with Crippen molar-refractivity contribution in [3.8, 4) is 0 Å². The van der Waals surface area contributed by atoms with Gasteiger partial charge < -0.3 is 10.6 Å². The zero-order valence-corrected chi connectivity index (χ0v) is 14.1. The summed E-state index contributed by atoms with van der Waals surface area (Å²) in [6, 6.07) is 13.7. The highest BCUT2D eigenvalue weighted by Gasteiger charge is 2.13. The molecule has 2 rings (SSSR count). The first kappa shape index (κ1) is 15.3. The van der Waals surface area contributed by atoms with Gasteiger partial charge in [-0.1, -0.05) is 42.0 Å². The lowest BCUT2D eigenvalue weighted by atomic mass is 10.1. The maximum Gasteiger partial charge on any atom is 0.107 e. The van der Waals surface area contributed by atoms with Gasteiger partial charge in [-0.2, -0.15) is 0 Å². The van der Waals surface area contributed by atoms with E-state index in [0.29, 0.717) is 4.99 Å². The fourth-order valence-corrected chi connectivity index (χ4v) is 3.06. The summed E-state index contributed by atoms with van der Waals surface area (Å²) < 4.78 is 0.908. The Morgan fingerprint density at radius 1 is 1.25 bits per heavy atom. The molecule has 20 heavy (non-hydrogen) atoms. The highest BCUT2D eigenvalue weighted by atomic mass is 79.9. The van der Waals surface area contributed by atoms with Crippen LogP contribution in [0.2, 0.25) is 5.02 Å². The summed E-state index contributed by atoms with van der Waals surface area (Å²) in [6.45, 7) is 0.753. The quantitative estimate of drug-likeness (QED) is 0.811. The molecule has 0 radical (unpaired) electrons. The van der Waals surface area contributed by atoms with Crippen molar-refractivity contribution < 1.29 is 0 Å². The summed E-state index contributed by atoms with van der Waals surface area (Å²) in [4.78, 5) is 2.50. The van der Waals surface area contributed by atoms with Crippen LogP contribution in [0.4, 0.5) is 5.69 Å².